The molecule has 0 N–H and O–H groups in total. The maximum atomic E-state index is 10.7. The molecule has 0 bridgehead atoms. The van der Waals surface area contributed by atoms with Crippen LogP contribution in [0.15, 0.2) is 30.6 Å². The van der Waals surface area contributed by atoms with E-state index < -0.39 is 9.85 Å². The van der Waals surface area contributed by atoms with Gasteiger partial charge in [-0.1, -0.05) is 11.6 Å². The van der Waals surface area contributed by atoms with Crippen molar-refractivity contribution in [1.82, 2.24) is 9.78 Å². The molecule has 0 radical (unpaired) electrons. The predicted octanol–water partition coefficient (Wildman–Crippen LogP) is 2.34. The van der Waals surface area contributed by atoms with Gasteiger partial charge in [-0.05, 0) is 0 Å². The van der Waals surface area contributed by atoms with Crippen LogP contribution in [0.4, 0.5) is 11.4 Å². The maximum Gasteiger partial charge on any atom is 0.278 e. The lowest BCUT2D eigenvalue weighted by molar-refractivity contribution is -0.394. The summed E-state index contributed by atoms with van der Waals surface area (Å²) in [5.74, 6) is 0. The van der Waals surface area contributed by atoms with Gasteiger partial charge in [0.25, 0.3) is 11.4 Å². The number of nitrogens with zero attached hydrogens (tertiary/aromatic N) is 4. The Kier molecular flexibility index (Phi) is 2.94. The van der Waals surface area contributed by atoms with Gasteiger partial charge in [0.05, 0.1) is 32.8 Å². The molecule has 1 aromatic carbocycles. The van der Waals surface area contributed by atoms with Crippen LogP contribution in [-0.4, -0.2) is 19.6 Å². The third kappa shape index (κ3) is 2.28. The molecule has 0 aliphatic carbocycles. The van der Waals surface area contributed by atoms with E-state index in [1.54, 1.807) is 0 Å². The van der Waals surface area contributed by atoms with Crippen LogP contribution in [0.2, 0.25) is 5.02 Å². The number of hydrogen-bond donors (Lipinski definition) is 0. The van der Waals surface area contributed by atoms with Gasteiger partial charge in [0, 0.05) is 18.3 Å². The van der Waals surface area contributed by atoms with E-state index in [4.69, 9.17) is 11.6 Å². The molecule has 9 heteroatoms. The second-order valence-electron chi connectivity index (χ2n) is 3.32. The maximum absolute atomic E-state index is 10.7. The van der Waals surface area contributed by atoms with Gasteiger partial charge < -0.3 is 0 Å². The summed E-state index contributed by atoms with van der Waals surface area (Å²) >= 11 is 5.66. The normalized spacial score (nSPS) is 10.3. The minimum absolute atomic E-state index is 0.197. The Morgan fingerprint density at radius 3 is 2.06 bits per heavy atom. The largest absolute Gasteiger partial charge is 0.278 e. The average Bonchev–Trinajstić information content (AvgIpc) is 2.75. The van der Waals surface area contributed by atoms with E-state index in [1.165, 1.54) is 29.2 Å². The number of nitro benzene ring substituents is 2. The molecule has 18 heavy (non-hydrogen) atoms. The molecule has 0 aliphatic heterocycles. The van der Waals surface area contributed by atoms with Crippen LogP contribution >= 0.6 is 11.6 Å². The topological polar surface area (TPSA) is 104 Å². The zero-order valence-electron chi connectivity index (χ0n) is 8.69. The van der Waals surface area contributed by atoms with Gasteiger partial charge in [-0.15, -0.1) is 0 Å². The predicted molar refractivity (Wildman–Crippen MR) is 61.9 cm³/mol. The third-order valence-electron chi connectivity index (χ3n) is 2.12. The molecular formula is C9H5ClN4O4. The summed E-state index contributed by atoms with van der Waals surface area (Å²) in [6.07, 6.45) is 2.72. The second-order valence-corrected chi connectivity index (χ2v) is 3.76. The number of rotatable bonds is 3. The summed E-state index contributed by atoms with van der Waals surface area (Å²) in [7, 11) is 0. The Balaban J connectivity index is 2.60. The molecule has 0 fully saturated rings. The van der Waals surface area contributed by atoms with Crippen molar-refractivity contribution in [2.45, 2.75) is 0 Å². The van der Waals surface area contributed by atoms with Gasteiger partial charge in [-0.25, -0.2) is 4.68 Å². The smallest absolute Gasteiger partial charge is 0.258 e. The number of aromatic nitrogens is 2. The summed E-state index contributed by atoms with van der Waals surface area (Å²) in [5.41, 5.74) is -0.570. The van der Waals surface area contributed by atoms with Crippen molar-refractivity contribution in [3.63, 3.8) is 0 Å². The van der Waals surface area contributed by atoms with Gasteiger partial charge in [0.1, 0.15) is 0 Å². The molecule has 0 spiro atoms. The van der Waals surface area contributed by atoms with Crippen LogP contribution in [0.3, 0.4) is 0 Å². The number of benzene rings is 1. The molecule has 1 aromatic heterocycles. The summed E-state index contributed by atoms with van der Waals surface area (Å²) < 4.78 is 1.22. The molecule has 2 aromatic rings. The average molecular weight is 269 g/mol. The molecule has 0 aliphatic rings. The molecule has 0 saturated heterocycles. The lowest BCUT2D eigenvalue weighted by atomic mass is 10.2. The lowest BCUT2D eigenvalue weighted by Gasteiger charge is -2.01. The molecule has 1 heterocycles. The summed E-state index contributed by atoms with van der Waals surface area (Å²) in [6.45, 7) is 0. The number of hydrogen-bond acceptors (Lipinski definition) is 5. The Bertz CT molecular complexity index is 607. The highest BCUT2D eigenvalue weighted by Crippen LogP contribution is 2.25. The van der Waals surface area contributed by atoms with Gasteiger partial charge in [0.2, 0.25) is 0 Å². The Hall–Kier alpha value is -2.48. The summed E-state index contributed by atoms with van der Waals surface area (Å²) in [6, 6.07) is 3.24. The number of nitro groups is 2. The van der Waals surface area contributed by atoms with Crippen LogP contribution in [0.25, 0.3) is 5.69 Å². The first-order valence-electron chi connectivity index (χ1n) is 4.62. The number of halogens is 1. The van der Waals surface area contributed by atoms with Crippen LogP contribution < -0.4 is 0 Å². The Morgan fingerprint density at radius 1 is 1.11 bits per heavy atom. The first-order valence-corrected chi connectivity index (χ1v) is 4.99. The molecule has 0 saturated carbocycles. The van der Waals surface area contributed by atoms with E-state index in [0.717, 1.165) is 6.07 Å². The van der Waals surface area contributed by atoms with Crippen LogP contribution in [0.5, 0.6) is 0 Å². The first kappa shape index (κ1) is 12.0. The highest BCUT2D eigenvalue weighted by atomic mass is 35.5. The van der Waals surface area contributed by atoms with E-state index in [2.05, 4.69) is 5.10 Å². The van der Waals surface area contributed by atoms with Crippen molar-refractivity contribution in [2.75, 3.05) is 0 Å². The highest BCUT2D eigenvalue weighted by Gasteiger charge is 2.17. The Labute approximate surface area is 105 Å². The fraction of sp³-hybridized carbons (Fsp3) is 0. The highest BCUT2D eigenvalue weighted by molar-refractivity contribution is 6.30. The Morgan fingerprint density at radius 2 is 1.67 bits per heavy atom. The standard InChI is InChI=1S/C9H5ClN4O4/c10-6-4-11-12(5-6)7-1-8(13(15)16)3-9(2-7)14(17)18/h1-5H. The molecule has 2 rings (SSSR count). The third-order valence-corrected chi connectivity index (χ3v) is 2.32. The van der Waals surface area contributed by atoms with Crippen molar-refractivity contribution < 1.29 is 9.85 Å². The lowest BCUT2D eigenvalue weighted by Crippen LogP contribution is -1.99. The minimum Gasteiger partial charge on any atom is -0.258 e. The molecule has 0 unspecified atom stereocenters. The van der Waals surface area contributed by atoms with E-state index >= 15 is 0 Å². The monoisotopic (exact) mass is 268 g/mol. The summed E-state index contributed by atoms with van der Waals surface area (Å²) in [4.78, 5) is 20.0. The fourth-order valence-corrected chi connectivity index (χ4v) is 1.50. The van der Waals surface area contributed by atoms with E-state index in [1.807, 2.05) is 0 Å². The molecule has 0 amide bonds. The van der Waals surface area contributed by atoms with E-state index in [0.29, 0.717) is 5.02 Å². The van der Waals surface area contributed by atoms with Gasteiger partial charge in [0.15, 0.2) is 0 Å². The van der Waals surface area contributed by atoms with Crippen molar-refractivity contribution in [1.29, 1.82) is 0 Å². The van der Waals surface area contributed by atoms with Crippen molar-refractivity contribution >= 4 is 23.0 Å². The fourth-order valence-electron chi connectivity index (χ4n) is 1.36. The van der Waals surface area contributed by atoms with Crippen molar-refractivity contribution in [3.8, 4) is 5.69 Å². The van der Waals surface area contributed by atoms with Crippen LogP contribution in [0.1, 0.15) is 0 Å². The molecule has 0 atom stereocenters. The van der Waals surface area contributed by atoms with Gasteiger partial charge >= 0.3 is 0 Å². The molecule has 92 valence electrons. The zero-order valence-corrected chi connectivity index (χ0v) is 9.44. The number of non-ortho nitro benzene ring substituents is 2. The zero-order chi connectivity index (χ0) is 13.3. The minimum atomic E-state index is -0.707. The van der Waals surface area contributed by atoms with E-state index in [-0.39, 0.29) is 17.1 Å². The van der Waals surface area contributed by atoms with E-state index in [9.17, 15) is 20.2 Å². The van der Waals surface area contributed by atoms with Crippen molar-refractivity contribution in [2.24, 2.45) is 0 Å². The SMILES string of the molecule is O=[N+]([O-])c1cc(-n2cc(Cl)cn2)cc([N+](=O)[O-])c1. The van der Waals surface area contributed by atoms with Crippen LogP contribution in [-0.2, 0) is 0 Å². The quantitative estimate of drug-likeness (QED) is 0.627. The van der Waals surface area contributed by atoms with Gasteiger partial charge in [-0.2, -0.15) is 5.10 Å². The first-order chi connectivity index (χ1) is 8.47. The molecular weight excluding hydrogens is 264 g/mol. The second kappa shape index (κ2) is 4.41. The molecule has 8 nitrogen and oxygen atoms in total. The summed E-state index contributed by atoms with van der Waals surface area (Å²) in [5, 5.41) is 25.5. The van der Waals surface area contributed by atoms with Gasteiger partial charge in [-0.3, -0.25) is 20.2 Å². The van der Waals surface area contributed by atoms with Crippen LogP contribution in [0, 0.1) is 20.2 Å². The van der Waals surface area contributed by atoms with Crippen molar-refractivity contribution in [3.05, 3.63) is 55.8 Å².